The molecule has 0 aromatic carbocycles. The molecule has 24 heavy (non-hydrogen) atoms. The molecule has 2 aliphatic heterocycles. The van der Waals surface area contributed by atoms with Gasteiger partial charge in [0.25, 0.3) is 0 Å². The van der Waals surface area contributed by atoms with E-state index < -0.39 is 23.2 Å². The highest BCUT2D eigenvalue weighted by atomic mass is 35.5. The molecule has 0 unspecified atom stereocenters. The van der Waals surface area contributed by atoms with Gasteiger partial charge in [-0.25, -0.2) is 9.97 Å². The predicted molar refractivity (Wildman–Crippen MR) is 89.7 cm³/mol. The maximum absolute atomic E-state index is 6.35. The van der Waals surface area contributed by atoms with Crippen molar-refractivity contribution in [1.29, 1.82) is 0 Å². The summed E-state index contributed by atoms with van der Waals surface area (Å²) in [7, 11) is 0. The van der Waals surface area contributed by atoms with Crippen LogP contribution in [0.15, 0.2) is 31.2 Å². The molecule has 0 N–H and O–H groups in total. The SMILES string of the molecule is C=C[C@]1(C)O[C@@H](n2ccc3c(Cl)ncnc32)[C@@H]2OC(C)(C)O[C@@]21C. The fourth-order valence-corrected chi connectivity index (χ4v) is 3.94. The third-order valence-electron chi connectivity index (χ3n) is 5.15. The standard InChI is InChI=1S/C17H20ClN3O3/c1-6-16(4)17(5)11(22-15(2,3)24-17)14(23-16)21-8-7-10-12(18)19-9-20-13(10)21/h6-9,11,14H,1H2,2-5H3/t11-,14+,16-,17-/m0/s1. The lowest BCUT2D eigenvalue weighted by molar-refractivity contribution is -0.223. The Labute approximate surface area is 145 Å². The second kappa shape index (κ2) is 4.79. The highest BCUT2D eigenvalue weighted by molar-refractivity contribution is 6.33. The van der Waals surface area contributed by atoms with E-state index in [-0.39, 0.29) is 6.10 Å². The first kappa shape index (κ1) is 16.0. The van der Waals surface area contributed by atoms with Gasteiger partial charge in [0.2, 0.25) is 0 Å². The lowest BCUT2D eigenvalue weighted by atomic mass is 9.83. The molecule has 0 spiro atoms. The third-order valence-corrected chi connectivity index (χ3v) is 5.45. The molecule has 128 valence electrons. The van der Waals surface area contributed by atoms with Gasteiger partial charge in [0, 0.05) is 6.20 Å². The van der Waals surface area contributed by atoms with Crippen molar-refractivity contribution in [2.24, 2.45) is 0 Å². The van der Waals surface area contributed by atoms with Crippen LogP contribution in [0, 0.1) is 0 Å². The van der Waals surface area contributed by atoms with Crippen LogP contribution in [0.3, 0.4) is 0 Å². The van der Waals surface area contributed by atoms with Gasteiger partial charge >= 0.3 is 0 Å². The molecular formula is C17H20ClN3O3. The maximum Gasteiger partial charge on any atom is 0.165 e. The fourth-order valence-electron chi connectivity index (χ4n) is 3.75. The second-order valence-corrected chi connectivity index (χ2v) is 7.45. The van der Waals surface area contributed by atoms with E-state index in [4.69, 9.17) is 25.8 Å². The Morgan fingerprint density at radius 1 is 1.25 bits per heavy atom. The summed E-state index contributed by atoms with van der Waals surface area (Å²) in [6.45, 7) is 11.7. The van der Waals surface area contributed by atoms with E-state index >= 15 is 0 Å². The summed E-state index contributed by atoms with van der Waals surface area (Å²) in [4.78, 5) is 8.38. The van der Waals surface area contributed by atoms with Crippen molar-refractivity contribution >= 4 is 22.6 Å². The lowest BCUT2D eigenvalue weighted by Crippen LogP contribution is -2.50. The summed E-state index contributed by atoms with van der Waals surface area (Å²) >= 11 is 6.17. The van der Waals surface area contributed by atoms with Crippen molar-refractivity contribution in [3.05, 3.63) is 36.4 Å². The number of fused-ring (bicyclic) bond motifs is 2. The fraction of sp³-hybridized carbons (Fsp3) is 0.529. The van der Waals surface area contributed by atoms with E-state index in [1.54, 1.807) is 6.08 Å². The molecule has 2 aromatic heterocycles. The van der Waals surface area contributed by atoms with Gasteiger partial charge in [-0.05, 0) is 33.8 Å². The molecule has 0 radical (unpaired) electrons. The van der Waals surface area contributed by atoms with E-state index in [1.807, 2.05) is 44.5 Å². The van der Waals surface area contributed by atoms with E-state index in [1.165, 1.54) is 6.33 Å². The number of halogens is 1. The molecule has 2 aliphatic rings. The molecular weight excluding hydrogens is 330 g/mol. The third kappa shape index (κ3) is 1.94. The molecule has 0 bridgehead atoms. The van der Waals surface area contributed by atoms with Crippen LogP contribution in [0.4, 0.5) is 0 Å². The molecule has 4 heterocycles. The van der Waals surface area contributed by atoms with Gasteiger partial charge in [-0.2, -0.15) is 0 Å². The Morgan fingerprint density at radius 3 is 2.71 bits per heavy atom. The van der Waals surface area contributed by atoms with E-state index in [9.17, 15) is 0 Å². The van der Waals surface area contributed by atoms with Crippen LogP contribution in [0.2, 0.25) is 5.15 Å². The largest absolute Gasteiger partial charge is 0.342 e. The minimum atomic E-state index is -0.707. The van der Waals surface area contributed by atoms with Crippen LogP contribution < -0.4 is 0 Å². The molecule has 4 atom stereocenters. The van der Waals surface area contributed by atoms with Crippen molar-refractivity contribution in [1.82, 2.24) is 14.5 Å². The van der Waals surface area contributed by atoms with Crippen LogP contribution in [-0.4, -0.2) is 37.6 Å². The van der Waals surface area contributed by atoms with Crippen LogP contribution in [0.5, 0.6) is 0 Å². The molecule has 2 fully saturated rings. The summed E-state index contributed by atoms with van der Waals surface area (Å²) < 4.78 is 20.7. The summed E-state index contributed by atoms with van der Waals surface area (Å²) in [5, 5.41) is 1.18. The first-order valence-electron chi connectivity index (χ1n) is 7.87. The van der Waals surface area contributed by atoms with Gasteiger partial charge in [0.1, 0.15) is 34.4 Å². The molecule has 0 saturated carbocycles. The van der Waals surface area contributed by atoms with Crippen molar-refractivity contribution in [3.63, 3.8) is 0 Å². The highest BCUT2D eigenvalue weighted by Gasteiger charge is 2.68. The summed E-state index contributed by atoms with van der Waals surface area (Å²) in [5.41, 5.74) is -0.677. The maximum atomic E-state index is 6.35. The van der Waals surface area contributed by atoms with E-state index in [0.29, 0.717) is 10.8 Å². The second-order valence-electron chi connectivity index (χ2n) is 7.09. The molecule has 0 aliphatic carbocycles. The number of nitrogens with zero attached hydrogens (tertiary/aromatic N) is 3. The highest BCUT2D eigenvalue weighted by Crippen LogP contribution is 2.55. The Morgan fingerprint density at radius 2 is 2.00 bits per heavy atom. The summed E-state index contributed by atoms with van der Waals surface area (Å²) in [6, 6.07) is 1.88. The van der Waals surface area contributed by atoms with Crippen molar-refractivity contribution < 1.29 is 14.2 Å². The quantitative estimate of drug-likeness (QED) is 0.613. The number of hydrogen-bond donors (Lipinski definition) is 0. The predicted octanol–water partition coefficient (Wildman–Crippen LogP) is 3.47. The van der Waals surface area contributed by atoms with Crippen LogP contribution in [0.25, 0.3) is 11.0 Å². The normalized spacial score (nSPS) is 37.7. The first-order chi connectivity index (χ1) is 11.2. The van der Waals surface area contributed by atoms with Crippen LogP contribution >= 0.6 is 11.6 Å². The van der Waals surface area contributed by atoms with Crippen molar-refractivity contribution in [2.45, 2.75) is 57.0 Å². The zero-order chi connectivity index (χ0) is 17.3. The van der Waals surface area contributed by atoms with Crippen molar-refractivity contribution in [2.75, 3.05) is 0 Å². The van der Waals surface area contributed by atoms with Gasteiger partial charge in [-0.3, -0.25) is 0 Å². The number of ether oxygens (including phenoxy) is 3. The van der Waals surface area contributed by atoms with Gasteiger partial charge in [0.15, 0.2) is 12.0 Å². The Kier molecular flexibility index (Phi) is 3.20. The summed E-state index contributed by atoms with van der Waals surface area (Å²) in [5.74, 6) is -0.707. The van der Waals surface area contributed by atoms with Crippen molar-refractivity contribution in [3.8, 4) is 0 Å². The lowest BCUT2D eigenvalue weighted by Gasteiger charge is -2.35. The number of rotatable bonds is 2. The molecule has 2 saturated heterocycles. The average molecular weight is 350 g/mol. The van der Waals surface area contributed by atoms with Gasteiger partial charge < -0.3 is 18.8 Å². The molecule has 6 nitrogen and oxygen atoms in total. The molecule has 0 amide bonds. The minimum absolute atomic E-state index is 0.320. The molecule has 4 rings (SSSR count). The first-order valence-corrected chi connectivity index (χ1v) is 8.25. The van der Waals surface area contributed by atoms with Crippen LogP contribution in [-0.2, 0) is 14.2 Å². The van der Waals surface area contributed by atoms with Gasteiger partial charge in [0.05, 0.1) is 5.39 Å². The minimum Gasteiger partial charge on any atom is -0.342 e. The monoisotopic (exact) mass is 349 g/mol. The van der Waals surface area contributed by atoms with E-state index in [2.05, 4.69) is 16.5 Å². The zero-order valence-electron chi connectivity index (χ0n) is 14.1. The van der Waals surface area contributed by atoms with Crippen LogP contribution in [0.1, 0.15) is 33.9 Å². The summed E-state index contributed by atoms with van der Waals surface area (Å²) in [6.07, 6.45) is 4.37. The Balaban J connectivity index is 1.87. The average Bonchev–Trinajstić information content (AvgIpc) is 3.10. The van der Waals surface area contributed by atoms with E-state index in [0.717, 1.165) is 5.39 Å². The number of hydrogen-bond acceptors (Lipinski definition) is 5. The van der Waals surface area contributed by atoms with Gasteiger partial charge in [-0.15, -0.1) is 6.58 Å². The number of aromatic nitrogens is 3. The topological polar surface area (TPSA) is 58.4 Å². The Hall–Kier alpha value is -1.47. The molecule has 7 heteroatoms. The van der Waals surface area contributed by atoms with Gasteiger partial charge in [-0.1, -0.05) is 17.7 Å². The zero-order valence-corrected chi connectivity index (χ0v) is 14.9. The molecule has 2 aromatic rings. The smallest absolute Gasteiger partial charge is 0.165 e. The Bertz CT molecular complexity index is 836.